The first kappa shape index (κ1) is 17.9. The molecule has 1 fully saturated rings. The van der Waals surface area contributed by atoms with Gasteiger partial charge in [-0.3, -0.25) is 4.79 Å². The number of hydrogen-bond acceptors (Lipinski definition) is 4. The van der Waals surface area contributed by atoms with E-state index in [1.807, 2.05) is 48.6 Å². The van der Waals surface area contributed by atoms with Crippen LogP contribution in [-0.2, 0) is 14.3 Å². The van der Waals surface area contributed by atoms with Crippen LogP contribution in [0.4, 0.5) is 0 Å². The second-order valence-corrected chi connectivity index (χ2v) is 6.74. The fourth-order valence-corrected chi connectivity index (χ4v) is 2.94. The highest BCUT2D eigenvalue weighted by atomic mass is 16.6. The fraction of sp³-hybridized carbons (Fsp3) is 0.450. The molecule has 0 bridgehead atoms. The van der Waals surface area contributed by atoms with Gasteiger partial charge in [0.25, 0.3) is 5.91 Å². The molecule has 1 aromatic carbocycles. The average molecular weight is 343 g/mol. The molecule has 2 N–H and O–H groups in total. The Morgan fingerprint density at radius 2 is 1.80 bits per heavy atom. The molecule has 1 aliphatic carbocycles. The summed E-state index contributed by atoms with van der Waals surface area (Å²) in [6, 6.07) is 7.81. The first-order chi connectivity index (χ1) is 12.0. The van der Waals surface area contributed by atoms with Gasteiger partial charge in [0.2, 0.25) is 0 Å². The number of allylic oxidation sites excluding steroid dienone is 2. The molecule has 0 aromatic heterocycles. The van der Waals surface area contributed by atoms with Crippen molar-refractivity contribution in [3.05, 3.63) is 59.7 Å². The van der Waals surface area contributed by atoms with Crippen LogP contribution in [0.2, 0.25) is 0 Å². The van der Waals surface area contributed by atoms with Crippen LogP contribution in [-0.4, -0.2) is 42.5 Å². The van der Waals surface area contributed by atoms with Crippen LogP contribution in [0.15, 0.2) is 48.6 Å². The van der Waals surface area contributed by atoms with Crippen LogP contribution >= 0.6 is 0 Å². The van der Waals surface area contributed by atoms with Crippen molar-refractivity contribution in [1.29, 1.82) is 0 Å². The monoisotopic (exact) mass is 343 g/mol. The molecule has 5 nitrogen and oxygen atoms in total. The summed E-state index contributed by atoms with van der Waals surface area (Å²) < 4.78 is 11.4. The zero-order chi connectivity index (χ0) is 17.8. The van der Waals surface area contributed by atoms with Crippen LogP contribution in [0.25, 0.3) is 0 Å². The van der Waals surface area contributed by atoms with Gasteiger partial charge in [-0.2, -0.15) is 0 Å². The molecule has 2 aliphatic rings. The van der Waals surface area contributed by atoms with Gasteiger partial charge in [-0.15, -0.1) is 0 Å². The number of aliphatic hydroxyl groups is 1. The predicted molar refractivity (Wildman–Crippen MR) is 95.2 cm³/mol. The average Bonchev–Trinajstić information content (AvgIpc) is 2.65. The van der Waals surface area contributed by atoms with E-state index in [2.05, 4.69) is 19.2 Å². The van der Waals surface area contributed by atoms with Gasteiger partial charge in [-0.25, -0.2) is 0 Å². The molecule has 5 heteroatoms. The van der Waals surface area contributed by atoms with Gasteiger partial charge in [0.1, 0.15) is 12.2 Å². The summed E-state index contributed by atoms with van der Waals surface area (Å²) in [7, 11) is 0. The number of amides is 1. The minimum atomic E-state index is -0.750. The SMILES string of the molecule is CC(C)c1ccc(C(O)CNC(=O)C2COC3C=CC=CC3O2)cc1. The highest BCUT2D eigenvalue weighted by molar-refractivity contribution is 5.81. The Bertz CT molecular complexity index is 650. The third-order valence-corrected chi connectivity index (χ3v) is 4.55. The van der Waals surface area contributed by atoms with Crippen LogP contribution in [0.3, 0.4) is 0 Å². The molecule has 0 saturated carbocycles. The van der Waals surface area contributed by atoms with Crippen LogP contribution < -0.4 is 5.32 Å². The molecule has 0 spiro atoms. The third-order valence-electron chi connectivity index (χ3n) is 4.55. The summed E-state index contributed by atoms with van der Waals surface area (Å²) >= 11 is 0. The molecule has 25 heavy (non-hydrogen) atoms. The van der Waals surface area contributed by atoms with Gasteiger partial charge in [-0.05, 0) is 17.0 Å². The topological polar surface area (TPSA) is 67.8 Å². The Morgan fingerprint density at radius 1 is 1.16 bits per heavy atom. The number of benzene rings is 1. The van der Waals surface area contributed by atoms with Crippen molar-refractivity contribution in [2.24, 2.45) is 0 Å². The molecule has 1 amide bonds. The number of carbonyl (C=O) groups excluding carboxylic acids is 1. The lowest BCUT2D eigenvalue weighted by Crippen LogP contribution is -2.49. The minimum absolute atomic E-state index is 0.126. The van der Waals surface area contributed by atoms with Crippen LogP contribution in [0.1, 0.15) is 37.0 Å². The quantitative estimate of drug-likeness (QED) is 0.860. The Balaban J connectivity index is 1.50. The van der Waals surface area contributed by atoms with Crippen LogP contribution in [0.5, 0.6) is 0 Å². The number of nitrogens with one attached hydrogen (secondary N) is 1. The molecule has 3 rings (SSSR count). The maximum Gasteiger partial charge on any atom is 0.251 e. The molecule has 1 aliphatic heterocycles. The van der Waals surface area contributed by atoms with Crippen molar-refractivity contribution >= 4 is 5.91 Å². The smallest absolute Gasteiger partial charge is 0.251 e. The van der Waals surface area contributed by atoms with E-state index in [1.54, 1.807) is 0 Å². The fourth-order valence-electron chi connectivity index (χ4n) is 2.94. The van der Waals surface area contributed by atoms with Crippen LogP contribution in [0, 0.1) is 0 Å². The molecule has 4 unspecified atom stereocenters. The molecule has 1 heterocycles. The number of fused-ring (bicyclic) bond motifs is 1. The number of hydrogen-bond donors (Lipinski definition) is 2. The summed E-state index contributed by atoms with van der Waals surface area (Å²) in [5, 5.41) is 13.0. The maximum atomic E-state index is 12.3. The molecule has 1 aromatic rings. The van der Waals surface area contributed by atoms with E-state index in [0.29, 0.717) is 5.92 Å². The summed E-state index contributed by atoms with van der Waals surface area (Å²) in [4.78, 5) is 12.3. The van der Waals surface area contributed by atoms with Gasteiger partial charge in [0, 0.05) is 6.54 Å². The minimum Gasteiger partial charge on any atom is -0.387 e. The Labute approximate surface area is 148 Å². The van der Waals surface area contributed by atoms with E-state index in [1.165, 1.54) is 5.56 Å². The lowest BCUT2D eigenvalue weighted by atomic mass is 10.00. The molecular formula is C20H25NO4. The number of ether oxygens (including phenoxy) is 2. The molecule has 4 atom stereocenters. The van der Waals surface area contributed by atoms with Gasteiger partial charge >= 0.3 is 0 Å². The predicted octanol–water partition coefficient (Wildman–Crippen LogP) is 2.24. The zero-order valence-electron chi connectivity index (χ0n) is 14.6. The van der Waals surface area contributed by atoms with Crippen molar-refractivity contribution in [3.63, 3.8) is 0 Å². The first-order valence-corrected chi connectivity index (χ1v) is 8.72. The highest BCUT2D eigenvalue weighted by Gasteiger charge is 2.33. The Kier molecular flexibility index (Phi) is 5.68. The van der Waals surface area contributed by atoms with E-state index in [0.717, 1.165) is 5.56 Å². The Hall–Kier alpha value is -1.95. The lowest BCUT2D eigenvalue weighted by Gasteiger charge is -2.34. The summed E-state index contributed by atoms with van der Waals surface area (Å²) in [5.74, 6) is 0.182. The second kappa shape index (κ2) is 7.95. The van der Waals surface area contributed by atoms with Crippen molar-refractivity contribution in [2.75, 3.05) is 13.2 Å². The van der Waals surface area contributed by atoms with Crippen molar-refractivity contribution in [2.45, 2.75) is 44.2 Å². The molecule has 1 saturated heterocycles. The van der Waals surface area contributed by atoms with Crippen molar-refractivity contribution < 1.29 is 19.4 Å². The standard InChI is InChI=1S/C20H25NO4/c1-13(2)14-7-9-15(10-8-14)16(22)11-21-20(23)19-12-24-17-5-3-4-6-18(17)25-19/h3-10,13,16-19,22H,11-12H2,1-2H3,(H,21,23). The normalized spacial score (nSPS) is 26.3. The molecule has 0 radical (unpaired) electrons. The zero-order valence-corrected chi connectivity index (χ0v) is 14.6. The first-order valence-electron chi connectivity index (χ1n) is 8.72. The summed E-state index contributed by atoms with van der Waals surface area (Å²) in [6.45, 7) is 4.60. The van der Waals surface area contributed by atoms with Gasteiger partial charge < -0.3 is 19.9 Å². The summed E-state index contributed by atoms with van der Waals surface area (Å²) in [5.41, 5.74) is 2.00. The van der Waals surface area contributed by atoms with Crippen molar-refractivity contribution in [1.82, 2.24) is 5.32 Å². The van der Waals surface area contributed by atoms with E-state index >= 15 is 0 Å². The lowest BCUT2D eigenvalue weighted by molar-refractivity contribution is -0.168. The summed E-state index contributed by atoms with van der Waals surface area (Å²) in [6.07, 6.45) is 5.83. The van der Waals surface area contributed by atoms with E-state index < -0.39 is 12.2 Å². The van der Waals surface area contributed by atoms with E-state index in [4.69, 9.17) is 9.47 Å². The highest BCUT2D eigenvalue weighted by Crippen LogP contribution is 2.21. The molecule has 134 valence electrons. The largest absolute Gasteiger partial charge is 0.387 e. The second-order valence-electron chi connectivity index (χ2n) is 6.74. The van der Waals surface area contributed by atoms with Crippen molar-refractivity contribution in [3.8, 4) is 0 Å². The molecular weight excluding hydrogens is 318 g/mol. The Morgan fingerprint density at radius 3 is 2.48 bits per heavy atom. The van der Waals surface area contributed by atoms with Gasteiger partial charge in [0.05, 0.1) is 12.7 Å². The maximum absolute atomic E-state index is 12.3. The number of aliphatic hydroxyl groups excluding tert-OH is 1. The third kappa shape index (κ3) is 4.37. The van der Waals surface area contributed by atoms with Gasteiger partial charge in [0.15, 0.2) is 6.10 Å². The van der Waals surface area contributed by atoms with Gasteiger partial charge in [-0.1, -0.05) is 62.4 Å². The van der Waals surface area contributed by atoms with E-state index in [9.17, 15) is 9.90 Å². The number of rotatable bonds is 5. The number of carbonyl (C=O) groups is 1. The van der Waals surface area contributed by atoms with E-state index in [-0.39, 0.29) is 31.3 Å².